The SMILES string of the molecule is N#CC1(N)NC(=O)c2cc[nH]c2N1. The van der Waals surface area contributed by atoms with Gasteiger partial charge in [0, 0.05) is 6.20 Å². The normalized spacial score (nSPS) is 25.4. The Kier molecular flexibility index (Phi) is 1.32. The van der Waals surface area contributed by atoms with Crippen molar-refractivity contribution >= 4 is 11.7 Å². The number of aromatic nitrogens is 1. The molecule has 1 unspecified atom stereocenters. The summed E-state index contributed by atoms with van der Waals surface area (Å²) in [5, 5.41) is 13.7. The summed E-state index contributed by atoms with van der Waals surface area (Å²) < 4.78 is 0. The van der Waals surface area contributed by atoms with E-state index in [0.717, 1.165) is 0 Å². The van der Waals surface area contributed by atoms with Gasteiger partial charge in [0.05, 0.1) is 5.56 Å². The van der Waals surface area contributed by atoms with Crippen molar-refractivity contribution in [1.29, 1.82) is 5.26 Å². The highest BCUT2D eigenvalue weighted by molar-refractivity contribution is 6.01. The molecule has 2 rings (SSSR count). The van der Waals surface area contributed by atoms with Gasteiger partial charge in [0.25, 0.3) is 11.7 Å². The molecule has 0 fully saturated rings. The zero-order valence-electron chi connectivity index (χ0n) is 6.59. The highest BCUT2D eigenvalue weighted by Crippen LogP contribution is 2.19. The molecule has 0 saturated heterocycles. The number of rotatable bonds is 0. The summed E-state index contributed by atoms with van der Waals surface area (Å²) in [7, 11) is 0. The van der Waals surface area contributed by atoms with Gasteiger partial charge < -0.3 is 15.6 Å². The van der Waals surface area contributed by atoms with Crippen LogP contribution >= 0.6 is 0 Å². The van der Waals surface area contributed by atoms with Crippen LogP contribution in [0.5, 0.6) is 0 Å². The summed E-state index contributed by atoms with van der Waals surface area (Å²) in [6, 6.07) is 3.36. The van der Waals surface area contributed by atoms with Gasteiger partial charge in [0.15, 0.2) is 0 Å². The summed E-state index contributed by atoms with van der Waals surface area (Å²) in [6.45, 7) is 0. The van der Waals surface area contributed by atoms with E-state index in [4.69, 9.17) is 11.0 Å². The van der Waals surface area contributed by atoms with Crippen LogP contribution in [0, 0.1) is 11.3 Å². The molecule has 0 aliphatic carbocycles. The quantitative estimate of drug-likeness (QED) is 0.420. The topological polar surface area (TPSA) is 107 Å². The van der Waals surface area contributed by atoms with E-state index in [0.29, 0.717) is 11.4 Å². The first-order valence-electron chi connectivity index (χ1n) is 3.63. The van der Waals surface area contributed by atoms with Gasteiger partial charge in [0.1, 0.15) is 11.9 Å². The zero-order valence-corrected chi connectivity index (χ0v) is 6.59. The summed E-state index contributed by atoms with van der Waals surface area (Å²) in [6.07, 6.45) is 1.60. The number of carbonyl (C=O) groups excluding carboxylic acids is 1. The number of H-pyrrole nitrogens is 1. The van der Waals surface area contributed by atoms with Crippen LogP contribution in [0.1, 0.15) is 10.4 Å². The number of aromatic amines is 1. The van der Waals surface area contributed by atoms with E-state index in [2.05, 4.69) is 15.6 Å². The molecule has 0 spiro atoms. The molecule has 0 radical (unpaired) electrons. The number of amides is 1. The lowest BCUT2D eigenvalue weighted by Gasteiger charge is -2.29. The molecule has 13 heavy (non-hydrogen) atoms. The molecule has 6 nitrogen and oxygen atoms in total. The lowest BCUT2D eigenvalue weighted by atomic mass is 10.2. The number of nitrogens with zero attached hydrogens (tertiary/aromatic N) is 1. The fourth-order valence-electron chi connectivity index (χ4n) is 1.19. The maximum Gasteiger partial charge on any atom is 0.258 e. The zero-order chi connectivity index (χ0) is 9.47. The molecule has 1 amide bonds. The van der Waals surface area contributed by atoms with Crippen LogP contribution in [0.3, 0.4) is 0 Å². The molecule has 0 bridgehead atoms. The average Bonchev–Trinajstić information content (AvgIpc) is 2.52. The summed E-state index contributed by atoms with van der Waals surface area (Å²) >= 11 is 0. The van der Waals surface area contributed by atoms with Crippen molar-refractivity contribution in [2.24, 2.45) is 5.73 Å². The van der Waals surface area contributed by atoms with Gasteiger partial charge in [-0.2, -0.15) is 5.26 Å². The van der Waals surface area contributed by atoms with Crippen LogP contribution < -0.4 is 16.4 Å². The number of nitrogens with two attached hydrogens (primary N) is 1. The Hall–Kier alpha value is -2.00. The summed E-state index contributed by atoms with van der Waals surface area (Å²) in [5.74, 6) is -1.42. The Morgan fingerprint density at radius 2 is 2.31 bits per heavy atom. The van der Waals surface area contributed by atoms with Crippen LogP contribution in [0.2, 0.25) is 0 Å². The monoisotopic (exact) mass is 177 g/mol. The van der Waals surface area contributed by atoms with Crippen LogP contribution in [0.25, 0.3) is 0 Å². The van der Waals surface area contributed by atoms with Gasteiger partial charge in [-0.3, -0.25) is 10.5 Å². The molecule has 2 heterocycles. The van der Waals surface area contributed by atoms with Crippen molar-refractivity contribution in [1.82, 2.24) is 10.3 Å². The third kappa shape index (κ3) is 1.02. The van der Waals surface area contributed by atoms with E-state index < -0.39 is 5.79 Å². The molecule has 5 N–H and O–H groups in total. The second-order valence-corrected chi connectivity index (χ2v) is 2.77. The molecule has 6 heteroatoms. The molecule has 1 aliphatic heterocycles. The highest BCUT2D eigenvalue weighted by Gasteiger charge is 2.34. The van der Waals surface area contributed by atoms with E-state index in [1.165, 1.54) is 0 Å². The van der Waals surface area contributed by atoms with Crippen molar-refractivity contribution in [3.63, 3.8) is 0 Å². The number of hydrogen-bond donors (Lipinski definition) is 4. The van der Waals surface area contributed by atoms with Crippen molar-refractivity contribution in [3.8, 4) is 6.07 Å². The minimum atomic E-state index is -1.52. The lowest BCUT2D eigenvalue weighted by molar-refractivity contribution is 0.0921. The second-order valence-electron chi connectivity index (χ2n) is 2.77. The van der Waals surface area contributed by atoms with E-state index in [1.54, 1.807) is 18.3 Å². The van der Waals surface area contributed by atoms with Crippen LogP contribution in [0.4, 0.5) is 5.82 Å². The molecule has 1 aromatic rings. The molecule has 66 valence electrons. The Bertz CT molecular complexity index is 403. The fraction of sp³-hybridized carbons (Fsp3) is 0.143. The maximum absolute atomic E-state index is 11.3. The van der Waals surface area contributed by atoms with Crippen molar-refractivity contribution in [3.05, 3.63) is 17.8 Å². The Morgan fingerprint density at radius 1 is 1.54 bits per heavy atom. The third-order valence-electron chi connectivity index (χ3n) is 1.80. The van der Waals surface area contributed by atoms with E-state index >= 15 is 0 Å². The van der Waals surface area contributed by atoms with Crippen LogP contribution in [-0.4, -0.2) is 16.7 Å². The van der Waals surface area contributed by atoms with Gasteiger partial charge in [-0.05, 0) is 6.07 Å². The Labute approximate surface area is 73.7 Å². The molecule has 1 aliphatic rings. The van der Waals surface area contributed by atoms with E-state index in [1.807, 2.05) is 0 Å². The minimum Gasteiger partial charge on any atom is -0.348 e. The Morgan fingerprint density at radius 3 is 3.00 bits per heavy atom. The van der Waals surface area contributed by atoms with Gasteiger partial charge in [-0.15, -0.1) is 0 Å². The standard InChI is InChI=1S/C7H7N5O/c8-3-7(9)11-5-4(1-2-10-5)6(13)12-7/h1-2,10-11H,9H2,(H,12,13). The summed E-state index contributed by atoms with van der Waals surface area (Å²) in [4.78, 5) is 14.1. The Balaban J connectivity index is 2.46. The largest absolute Gasteiger partial charge is 0.348 e. The van der Waals surface area contributed by atoms with Gasteiger partial charge in [0.2, 0.25) is 0 Å². The van der Waals surface area contributed by atoms with Crippen molar-refractivity contribution in [2.75, 3.05) is 5.32 Å². The first-order valence-corrected chi connectivity index (χ1v) is 3.63. The predicted octanol–water partition coefficient (Wildman–Crippen LogP) is -0.694. The van der Waals surface area contributed by atoms with Crippen LogP contribution in [0.15, 0.2) is 12.3 Å². The summed E-state index contributed by atoms with van der Waals surface area (Å²) in [5.41, 5.74) is 5.95. The van der Waals surface area contributed by atoms with Gasteiger partial charge in [-0.25, -0.2) is 0 Å². The predicted molar refractivity (Wildman–Crippen MR) is 44.4 cm³/mol. The fourth-order valence-corrected chi connectivity index (χ4v) is 1.19. The molecule has 0 aromatic carbocycles. The number of nitrogens with one attached hydrogen (secondary N) is 3. The van der Waals surface area contributed by atoms with Crippen molar-refractivity contribution < 1.29 is 4.79 Å². The first kappa shape index (κ1) is 7.64. The number of carbonyl (C=O) groups is 1. The molecular formula is C7H7N5O. The molecule has 0 saturated carbocycles. The van der Waals surface area contributed by atoms with Gasteiger partial charge >= 0.3 is 0 Å². The first-order chi connectivity index (χ1) is 6.14. The van der Waals surface area contributed by atoms with Crippen LogP contribution in [-0.2, 0) is 0 Å². The minimum absolute atomic E-state index is 0.362. The second kappa shape index (κ2) is 2.24. The highest BCUT2D eigenvalue weighted by atomic mass is 16.2. The molecular weight excluding hydrogens is 170 g/mol. The number of anilines is 1. The number of fused-ring (bicyclic) bond motifs is 1. The number of hydrogen-bond acceptors (Lipinski definition) is 4. The third-order valence-corrected chi connectivity index (χ3v) is 1.80. The van der Waals surface area contributed by atoms with E-state index in [9.17, 15) is 4.79 Å². The van der Waals surface area contributed by atoms with E-state index in [-0.39, 0.29) is 5.91 Å². The lowest BCUT2D eigenvalue weighted by Crippen LogP contribution is -2.63. The van der Waals surface area contributed by atoms with Crippen molar-refractivity contribution in [2.45, 2.75) is 5.79 Å². The number of nitriles is 1. The maximum atomic E-state index is 11.3. The molecule has 1 aromatic heterocycles. The van der Waals surface area contributed by atoms with Gasteiger partial charge in [-0.1, -0.05) is 0 Å². The molecule has 1 atom stereocenters. The smallest absolute Gasteiger partial charge is 0.258 e. The average molecular weight is 177 g/mol.